The molecule has 0 bridgehead atoms. The number of phenols is 1. The second-order valence-electron chi connectivity index (χ2n) is 4.83. The third-order valence-electron chi connectivity index (χ3n) is 3.39. The quantitative estimate of drug-likeness (QED) is 0.812. The van der Waals surface area contributed by atoms with Crippen LogP contribution in [0.5, 0.6) is 11.5 Å². The molecule has 1 fully saturated rings. The number of methoxy groups -OCH3 is 1. The van der Waals surface area contributed by atoms with Crippen molar-refractivity contribution in [3.8, 4) is 11.5 Å². The van der Waals surface area contributed by atoms with Gasteiger partial charge in [-0.25, -0.2) is 0 Å². The van der Waals surface area contributed by atoms with Crippen molar-refractivity contribution in [1.82, 2.24) is 0 Å². The molecule has 2 rings (SSSR count). The van der Waals surface area contributed by atoms with Crippen molar-refractivity contribution in [2.75, 3.05) is 20.3 Å². The summed E-state index contributed by atoms with van der Waals surface area (Å²) in [5, 5.41) is 9.60. The van der Waals surface area contributed by atoms with Crippen molar-refractivity contribution in [2.45, 2.75) is 32.0 Å². The first-order valence-corrected chi connectivity index (χ1v) is 7.00. The molecule has 1 aliphatic rings. The Labute approximate surface area is 120 Å². The van der Waals surface area contributed by atoms with Crippen LogP contribution >= 0.6 is 0 Å². The fraction of sp³-hybridized carbons (Fsp3) is 0.500. The molecule has 0 aromatic heterocycles. The van der Waals surface area contributed by atoms with E-state index >= 15 is 0 Å². The van der Waals surface area contributed by atoms with Crippen LogP contribution in [0.25, 0.3) is 0 Å². The minimum absolute atomic E-state index is 0.158. The zero-order chi connectivity index (χ0) is 14.4. The molecule has 0 saturated carbocycles. The molecule has 1 N–H and O–H groups in total. The Morgan fingerprint density at radius 3 is 2.75 bits per heavy atom. The average Bonchev–Trinajstić information content (AvgIpc) is 2.93. The van der Waals surface area contributed by atoms with Gasteiger partial charge in [0, 0.05) is 6.42 Å². The Hall–Kier alpha value is -1.52. The summed E-state index contributed by atoms with van der Waals surface area (Å²) in [6.45, 7) is 3.35. The topological polar surface area (TPSA) is 47.9 Å². The van der Waals surface area contributed by atoms with E-state index in [0.717, 1.165) is 24.8 Å². The lowest BCUT2D eigenvalue weighted by Crippen LogP contribution is -2.28. The van der Waals surface area contributed by atoms with Crippen LogP contribution in [0, 0.1) is 0 Å². The maximum Gasteiger partial charge on any atom is 0.188 e. The second kappa shape index (κ2) is 6.77. The van der Waals surface area contributed by atoms with Crippen molar-refractivity contribution in [3.05, 3.63) is 35.9 Å². The van der Waals surface area contributed by atoms with Gasteiger partial charge in [0.05, 0.1) is 20.3 Å². The molecule has 0 unspecified atom stereocenters. The van der Waals surface area contributed by atoms with Crippen molar-refractivity contribution < 1.29 is 19.3 Å². The molecule has 0 radical (unpaired) electrons. The third-order valence-corrected chi connectivity index (χ3v) is 3.39. The monoisotopic (exact) mass is 278 g/mol. The number of benzene rings is 1. The number of aromatic hydroxyl groups is 1. The molecule has 0 atom stereocenters. The molecule has 4 heteroatoms. The highest BCUT2D eigenvalue weighted by molar-refractivity contribution is 5.41. The highest BCUT2D eigenvalue weighted by Crippen LogP contribution is 2.30. The predicted octanol–water partition coefficient (Wildman–Crippen LogP) is 3.04. The van der Waals surface area contributed by atoms with E-state index in [1.165, 1.54) is 0 Å². The summed E-state index contributed by atoms with van der Waals surface area (Å²) in [6, 6.07) is 5.39. The van der Waals surface area contributed by atoms with Gasteiger partial charge in [0.2, 0.25) is 0 Å². The lowest BCUT2D eigenvalue weighted by molar-refractivity contribution is -0.120. The van der Waals surface area contributed by atoms with Crippen LogP contribution in [0.2, 0.25) is 0 Å². The molecule has 1 aliphatic heterocycles. The van der Waals surface area contributed by atoms with Crippen LogP contribution in [0.3, 0.4) is 0 Å². The summed E-state index contributed by atoms with van der Waals surface area (Å²) in [5.41, 5.74) is 1.09. The number of hydrogen-bond acceptors (Lipinski definition) is 4. The smallest absolute Gasteiger partial charge is 0.188 e. The molecule has 0 spiro atoms. The number of allylic oxidation sites excluding steroid dienone is 1. The lowest BCUT2D eigenvalue weighted by Gasteiger charge is -2.23. The Bertz CT molecular complexity index is 462. The number of phenolic OH excluding ortho intramolecular Hbond substituents is 1. The van der Waals surface area contributed by atoms with E-state index in [-0.39, 0.29) is 5.75 Å². The molecule has 1 aromatic rings. The number of rotatable bonds is 6. The Morgan fingerprint density at radius 2 is 2.10 bits per heavy atom. The molecule has 20 heavy (non-hydrogen) atoms. The summed E-state index contributed by atoms with van der Waals surface area (Å²) in [4.78, 5) is 0. The zero-order valence-corrected chi connectivity index (χ0v) is 12.1. The largest absolute Gasteiger partial charge is 0.504 e. The SMILES string of the molecule is CC/C=C/C1(CCc2ccc(O)c(OC)c2)OCCO1. The van der Waals surface area contributed by atoms with E-state index in [1.54, 1.807) is 13.2 Å². The van der Waals surface area contributed by atoms with Gasteiger partial charge in [-0.1, -0.05) is 19.1 Å². The highest BCUT2D eigenvalue weighted by atomic mass is 16.7. The summed E-state index contributed by atoms with van der Waals surface area (Å²) in [5.74, 6) is 0.0559. The Balaban J connectivity index is 2.04. The number of aryl methyl sites for hydroxylation is 1. The summed E-state index contributed by atoms with van der Waals surface area (Å²) in [6.07, 6.45) is 6.59. The van der Waals surface area contributed by atoms with E-state index in [4.69, 9.17) is 14.2 Å². The highest BCUT2D eigenvalue weighted by Gasteiger charge is 2.33. The molecule has 1 saturated heterocycles. The number of ether oxygens (including phenoxy) is 3. The van der Waals surface area contributed by atoms with Gasteiger partial charge in [-0.15, -0.1) is 0 Å². The van der Waals surface area contributed by atoms with Gasteiger partial charge >= 0.3 is 0 Å². The van der Waals surface area contributed by atoms with Gasteiger partial charge in [-0.2, -0.15) is 0 Å². The first-order valence-electron chi connectivity index (χ1n) is 7.00. The zero-order valence-electron chi connectivity index (χ0n) is 12.1. The molecular weight excluding hydrogens is 256 g/mol. The summed E-state index contributed by atoms with van der Waals surface area (Å²) < 4.78 is 16.6. The predicted molar refractivity (Wildman–Crippen MR) is 77.0 cm³/mol. The van der Waals surface area contributed by atoms with Crippen LogP contribution in [-0.4, -0.2) is 31.2 Å². The minimum Gasteiger partial charge on any atom is -0.504 e. The van der Waals surface area contributed by atoms with Crippen LogP contribution in [0.1, 0.15) is 25.3 Å². The van der Waals surface area contributed by atoms with Crippen molar-refractivity contribution in [2.24, 2.45) is 0 Å². The number of hydrogen-bond donors (Lipinski definition) is 1. The normalized spacial score (nSPS) is 17.7. The Kier molecular flexibility index (Phi) is 5.04. The van der Waals surface area contributed by atoms with Crippen LogP contribution in [-0.2, 0) is 15.9 Å². The molecule has 0 amide bonds. The van der Waals surface area contributed by atoms with Gasteiger partial charge in [-0.3, -0.25) is 0 Å². The van der Waals surface area contributed by atoms with Gasteiger partial charge in [0.15, 0.2) is 17.3 Å². The maximum atomic E-state index is 9.60. The molecule has 110 valence electrons. The van der Waals surface area contributed by atoms with Crippen molar-refractivity contribution >= 4 is 0 Å². The van der Waals surface area contributed by atoms with E-state index in [9.17, 15) is 5.11 Å². The minimum atomic E-state index is -0.596. The lowest BCUT2D eigenvalue weighted by atomic mass is 10.0. The fourth-order valence-electron chi connectivity index (χ4n) is 2.29. The van der Waals surface area contributed by atoms with Crippen LogP contribution in [0.4, 0.5) is 0 Å². The van der Waals surface area contributed by atoms with Gasteiger partial charge < -0.3 is 19.3 Å². The van der Waals surface area contributed by atoms with E-state index in [2.05, 4.69) is 13.0 Å². The second-order valence-corrected chi connectivity index (χ2v) is 4.83. The van der Waals surface area contributed by atoms with E-state index < -0.39 is 5.79 Å². The Morgan fingerprint density at radius 1 is 1.35 bits per heavy atom. The molecule has 1 aromatic carbocycles. The molecule has 4 nitrogen and oxygen atoms in total. The molecule has 0 aliphatic carbocycles. The maximum absolute atomic E-state index is 9.60. The van der Waals surface area contributed by atoms with Crippen molar-refractivity contribution in [1.29, 1.82) is 0 Å². The van der Waals surface area contributed by atoms with Crippen LogP contribution < -0.4 is 4.74 Å². The van der Waals surface area contributed by atoms with E-state index in [1.807, 2.05) is 18.2 Å². The molecular formula is C16H22O4. The first kappa shape index (κ1) is 14.9. The third kappa shape index (κ3) is 3.52. The first-order chi connectivity index (χ1) is 9.69. The molecule has 1 heterocycles. The van der Waals surface area contributed by atoms with Gasteiger partial charge in [0.1, 0.15) is 0 Å². The van der Waals surface area contributed by atoms with Gasteiger partial charge in [-0.05, 0) is 36.6 Å². The fourth-order valence-corrected chi connectivity index (χ4v) is 2.29. The average molecular weight is 278 g/mol. The summed E-state index contributed by atoms with van der Waals surface area (Å²) in [7, 11) is 1.55. The standard InChI is InChI=1S/C16H22O4/c1-3-4-8-16(19-10-11-20-16)9-7-13-5-6-14(17)15(12-13)18-2/h4-6,8,12,17H,3,7,9-11H2,1-2H3/b8-4+. The van der Waals surface area contributed by atoms with Crippen molar-refractivity contribution in [3.63, 3.8) is 0 Å². The summed E-state index contributed by atoms with van der Waals surface area (Å²) >= 11 is 0. The van der Waals surface area contributed by atoms with Gasteiger partial charge in [0.25, 0.3) is 0 Å². The van der Waals surface area contributed by atoms with E-state index in [0.29, 0.717) is 19.0 Å². The van der Waals surface area contributed by atoms with Crippen LogP contribution in [0.15, 0.2) is 30.4 Å².